The van der Waals surface area contributed by atoms with Gasteiger partial charge in [-0.3, -0.25) is 4.79 Å². The van der Waals surface area contributed by atoms with E-state index in [0.717, 1.165) is 37.3 Å². The number of fused-ring (bicyclic) bond motifs is 1. The molecule has 0 atom stereocenters. The van der Waals surface area contributed by atoms with Crippen LogP contribution in [0.1, 0.15) is 51.6 Å². The Labute approximate surface area is 171 Å². The molecule has 2 aliphatic rings. The van der Waals surface area contributed by atoms with Crippen LogP contribution < -0.4 is 4.90 Å². The fourth-order valence-corrected chi connectivity index (χ4v) is 4.10. The second-order valence-corrected chi connectivity index (χ2v) is 7.60. The summed E-state index contributed by atoms with van der Waals surface area (Å²) in [4.78, 5) is 33.2. The van der Waals surface area contributed by atoms with Gasteiger partial charge in [-0.2, -0.15) is 0 Å². The van der Waals surface area contributed by atoms with Gasteiger partial charge in [0.1, 0.15) is 5.82 Å². The zero-order valence-corrected chi connectivity index (χ0v) is 16.9. The number of pyridine rings is 1. The Morgan fingerprint density at radius 1 is 0.966 bits per heavy atom. The minimum Gasteiger partial charge on any atom is -0.462 e. The van der Waals surface area contributed by atoms with Gasteiger partial charge >= 0.3 is 5.97 Å². The summed E-state index contributed by atoms with van der Waals surface area (Å²) in [5.41, 5.74) is 3.99. The predicted molar refractivity (Wildman–Crippen MR) is 111 cm³/mol. The second kappa shape index (κ2) is 8.64. The highest BCUT2D eigenvalue weighted by molar-refractivity contribution is 5.94. The molecule has 1 aromatic carbocycles. The number of hydrogen-bond acceptors (Lipinski definition) is 5. The number of aryl methyl sites for hydroxylation is 2. The first kappa shape index (κ1) is 19.4. The third-order valence-electron chi connectivity index (χ3n) is 5.75. The van der Waals surface area contributed by atoms with E-state index < -0.39 is 0 Å². The highest BCUT2D eigenvalue weighted by Crippen LogP contribution is 2.23. The van der Waals surface area contributed by atoms with Crippen molar-refractivity contribution >= 4 is 17.7 Å². The number of hydrogen-bond donors (Lipinski definition) is 0. The van der Waals surface area contributed by atoms with Crippen molar-refractivity contribution in [1.82, 2.24) is 9.88 Å². The summed E-state index contributed by atoms with van der Waals surface area (Å²) >= 11 is 0. The van der Waals surface area contributed by atoms with Crippen LogP contribution in [0.3, 0.4) is 0 Å². The summed E-state index contributed by atoms with van der Waals surface area (Å²) < 4.78 is 4.99. The van der Waals surface area contributed by atoms with Gasteiger partial charge in [0.25, 0.3) is 5.91 Å². The molecular weight excluding hydrogens is 366 g/mol. The number of ether oxygens (including phenoxy) is 1. The van der Waals surface area contributed by atoms with Crippen LogP contribution in [0.15, 0.2) is 36.5 Å². The van der Waals surface area contributed by atoms with Crippen molar-refractivity contribution in [2.24, 2.45) is 0 Å². The lowest BCUT2D eigenvalue weighted by atomic mass is 9.90. The van der Waals surface area contributed by atoms with Gasteiger partial charge in [0.05, 0.1) is 12.2 Å². The number of amides is 1. The molecule has 2 aromatic rings. The molecule has 4 rings (SSSR count). The molecular formula is C23H27N3O3. The van der Waals surface area contributed by atoms with Crippen molar-refractivity contribution in [3.8, 4) is 0 Å². The first-order valence-electron chi connectivity index (χ1n) is 10.4. The number of nitrogens with zero attached hydrogens (tertiary/aromatic N) is 3. The van der Waals surface area contributed by atoms with Crippen molar-refractivity contribution in [3.05, 3.63) is 58.8 Å². The van der Waals surface area contributed by atoms with E-state index in [0.29, 0.717) is 25.3 Å². The van der Waals surface area contributed by atoms with Gasteiger partial charge in [0.15, 0.2) is 0 Å². The maximum Gasteiger partial charge on any atom is 0.339 e. The standard InChI is InChI=1S/C23H27N3O3/c1-2-29-23(28)20-9-10-21(24-16-20)25-11-13-26(14-12-25)22(27)19-8-7-17-5-3-4-6-18(17)15-19/h7-10,15-16H,2-6,11-14H2,1H3. The SMILES string of the molecule is CCOC(=O)c1ccc(N2CCN(C(=O)c3ccc4c(c3)CCCC4)CC2)nc1. The summed E-state index contributed by atoms with van der Waals surface area (Å²) in [6.45, 7) is 4.91. The average Bonchev–Trinajstić information content (AvgIpc) is 2.78. The number of carbonyl (C=O) groups excluding carboxylic acids is 2. The smallest absolute Gasteiger partial charge is 0.339 e. The van der Waals surface area contributed by atoms with E-state index in [9.17, 15) is 9.59 Å². The fourth-order valence-electron chi connectivity index (χ4n) is 4.10. The van der Waals surface area contributed by atoms with Crippen LogP contribution in [-0.2, 0) is 17.6 Å². The zero-order valence-electron chi connectivity index (χ0n) is 16.9. The Morgan fingerprint density at radius 2 is 1.69 bits per heavy atom. The monoisotopic (exact) mass is 393 g/mol. The topological polar surface area (TPSA) is 62.7 Å². The molecule has 0 radical (unpaired) electrons. The number of aromatic nitrogens is 1. The van der Waals surface area contributed by atoms with E-state index in [-0.39, 0.29) is 11.9 Å². The maximum atomic E-state index is 13.0. The molecule has 0 N–H and O–H groups in total. The molecule has 1 fully saturated rings. The van der Waals surface area contributed by atoms with Crippen LogP contribution >= 0.6 is 0 Å². The molecule has 29 heavy (non-hydrogen) atoms. The average molecular weight is 393 g/mol. The van der Waals surface area contributed by atoms with Gasteiger partial charge < -0.3 is 14.5 Å². The number of carbonyl (C=O) groups is 2. The first-order chi connectivity index (χ1) is 14.2. The predicted octanol–water partition coefficient (Wildman–Crippen LogP) is 3.10. The van der Waals surface area contributed by atoms with E-state index in [1.807, 2.05) is 17.0 Å². The Morgan fingerprint density at radius 3 is 2.38 bits per heavy atom. The summed E-state index contributed by atoms with van der Waals surface area (Å²) in [7, 11) is 0. The molecule has 2 heterocycles. The highest BCUT2D eigenvalue weighted by atomic mass is 16.5. The highest BCUT2D eigenvalue weighted by Gasteiger charge is 2.24. The summed E-state index contributed by atoms with van der Waals surface area (Å²) in [6, 6.07) is 9.79. The molecule has 152 valence electrons. The number of esters is 1. The largest absolute Gasteiger partial charge is 0.462 e. The van der Waals surface area contributed by atoms with Crippen molar-refractivity contribution in [2.75, 3.05) is 37.7 Å². The van der Waals surface area contributed by atoms with Crippen LogP contribution in [-0.4, -0.2) is 54.5 Å². The van der Waals surface area contributed by atoms with E-state index >= 15 is 0 Å². The fraction of sp³-hybridized carbons (Fsp3) is 0.435. The van der Waals surface area contributed by atoms with E-state index in [1.165, 1.54) is 24.0 Å². The minimum atomic E-state index is -0.355. The Balaban J connectivity index is 1.36. The molecule has 6 heteroatoms. The molecule has 6 nitrogen and oxygen atoms in total. The molecule has 0 bridgehead atoms. The van der Waals surface area contributed by atoms with Gasteiger partial charge in [-0.25, -0.2) is 9.78 Å². The normalized spacial score (nSPS) is 16.3. The molecule has 0 spiro atoms. The van der Waals surface area contributed by atoms with Crippen LogP contribution in [0.4, 0.5) is 5.82 Å². The number of rotatable bonds is 4. The lowest BCUT2D eigenvalue weighted by Gasteiger charge is -2.35. The number of anilines is 1. The Hall–Kier alpha value is -2.89. The molecule has 1 amide bonds. The lowest BCUT2D eigenvalue weighted by Crippen LogP contribution is -2.49. The summed E-state index contributed by atoms with van der Waals surface area (Å²) in [6.07, 6.45) is 6.22. The van der Waals surface area contributed by atoms with Crippen molar-refractivity contribution in [1.29, 1.82) is 0 Å². The summed E-state index contributed by atoms with van der Waals surface area (Å²) in [5.74, 6) is 0.578. The molecule has 1 aliphatic carbocycles. The Kier molecular flexibility index (Phi) is 5.79. The zero-order chi connectivity index (χ0) is 20.2. The van der Waals surface area contributed by atoms with Crippen LogP contribution in [0.2, 0.25) is 0 Å². The third-order valence-corrected chi connectivity index (χ3v) is 5.75. The van der Waals surface area contributed by atoms with Gasteiger partial charge in [0, 0.05) is 37.9 Å². The van der Waals surface area contributed by atoms with Gasteiger partial charge in [-0.15, -0.1) is 0 Å². The quantitative estimate of drug-likeness (QED) is 0.747. The van der Waals surface area contributed by atoms with Crippen LogP contribution in [0.5, 0.6) is 0 Å². The molecule has 1 aliphatic heterocycles. The van der Waals surface area contributed by atoms with Crippen molar-refractivity contribution in [3.63, 3.8) is 0 Å². The van der Waals surface area contributed by atoms with Gasteiger partial charge in [-0.05, 0) is 68.0 Å². The number of piperazine rings is 1. The van der Waals surface area contributed by atoms with Gasteiger partial charge in [0.2, 0.25) is 0 Å². The minimum absolute atomic E-state index is 0.114. The number of benzene rings is 1. The molecule has 1 saturated heterocycles. The van der Waals surface area contributed by atoms with E-state index in [1.54, 1.807) is 19.2 Å². The molecule has 1 aromatic heterocycles. The van der Waals surface area contributed by atoms with Crippen LogP contribution in [0, 0.1) is 0 Å². The van der Waals surface area contributed by atoms with Gasteiger partial charge in [-0.1, -0.05) is 6.07 Å². The Bertz CT molecular complexity index is 887. The lowest BCUT2D eigenvalue weighted by molar-refractivity contribution is 0.0525. The maximum absolute atomic E-state index is 13.0. The van der Waals surface area contributed by atoms with Crippen LogP contribution in [0.25, 0.3) is 0 Å². The third kappa shape index (κ3) is 4.26. The van der Waals surface area contributed by atoms with Crippen molar-refractivity contribution < 1.29 is 14.3 Å². The van der Waals surface area contributed by atoms with E-state index in [2.05, 4.69) is 22.0 Å². The molecule has 0 unspecified atom stereocenters. The first-order valence-corrected chi connectivity index (χ1v) is 10.4. The second-order valence-electron chi connectivity index (χ2n) is 7.60. The molecule has 0 saturated carbocycles. The van der Waals surface area contributed by atoms with E-state index in [4.69, 9.17) is 4.74 Å². The van der Waals surface area contributed by atoms with Crippen molar-refractivity contribution in [2.45, 2.75) is 32.6 Å². The summed E-state index contributed by atoms with van der Waals surface area (Å²) in [5, 5.41) is 0.